The molecule has 12 aromatic rings. The molecule has 10 N–H and O–H groups in total. The number of nitrogens with two attached hydrogens (primary N) is 1. The number of aryl methyl sites for hydroxylation is 3. The Hall–Kier alpha value is -10.6. The molecule has 0 saturated heterocycles. The van der Waals surface area contributed by atoms with E-state index in [1.807, 2.05) is 25.1 Å². The van der Waals surface area contributed by atoms with Gasteiger partial charge >= 0.3 is 0 Å². The highest BCUT2D eigenvalue weighted by molar-refractivity contribution is 9.10. The average molecular weight is 1380 g/mol. The number of aliphatic hydroxyl groups excluding tert-OH is 3. The van der Waals surface area contributed by atoms with Crippen molar-refractivity contribution >= 4 is 117 Å². The summed E-state index contributed by atoms with van der Waals surface area (Å²) in [5, 5.41) is 51.3. The van der Waals surface area contributed by atoms with Gasteiger partial charge in [-0.2, -0.15) is 10.6 Å². The third-order valence-corrected chi connectivity index (χ3v) is 20.9. The highest BCUT2D eigenvalue weighted by atomic mass is 79.9. The Balaban J connectivity index is 0.000000123. The summed E-state index contributed by atoms with van der Waals surface area (Å²) in [7, 11) is 0. The van der Waals surface area contributed by atoms with Gasteiger partial charge in [0.15, 0.2) is 0 Å². The number of hydrogen-bond acceptors (Lipinski definition) is 10. The maximum absolute atomic E-state index is 13.1. The summed E-state index contributed by atoms with van der Waals surface area (Å²) in [6, 6.07) is 44.3. The van der Waals surface area contributed by atoms with Gasteiger partial charge in [0, 0.05) is 148 Å². The molecule has 0 bridgehead atoms. The predicted octanol–water partition coefficient (Wildman–Crippen LogP) is 14.2. The molecule has 3 aliphatic carbocycles. The maximum atomic E-state index is 13.1. The molecule has 4 amide bonds. The molecule has 0 saturated carbocycles. The molecule has 0 atom stereocenters. The summed E-state index contributed by atoms with van der Waals surface area (Å²) < 4.78 is 8.05. The second kappa shape index (κ2) is 26.4. The minimum Gasteiger partial charge on any atom is -0.396 e. The number of benzene rings is 9. The van der Waals surface area contributed by atoms with Crippen LogP contribution in [0, 0.1) is 5.53 Å². The zero-order chi connectivity index (χ0) is 66.5. The van der Waals surface area contributed by atoms with Gasteiger partial charge in [0.2, 0.25) is 5.91 Å². The van der Waals surface area contributed by atoms with Gasteiger partial charge in [-0.05, 0) is 147 Å². The number of rotatable bonds is 11. The Morgan fingerprint density at radius 1 is 0.515 bits per heavy atom. The largest absolute Gasteiger partial charge is 0.396 e. The molecule has 0 unspecified atom stereocenters. The van der Waals surface area contributed by atoms with Gasteiger partial charge in [0.1, 0.15) is 0 Å². The van der Waals surface area contributed by atoms with Crippen LogP contribution in [-0.2, 0) is 63.3 Å². The monoisotopic (exact) mass is 1380 g/mol. The van der Waals surface area contributed by atoms with E-state index >= 15 is 0 Å². The fourth-order valence-corrected chi connectivity index (χ4v) is 17.1. The fourth-order valence-electron chi connectivity index (χ4n) is 16.7. The third-order valence-electron chi connectivity index (χ3n) is 20.4. The quantitative estimate of drug-likeness (QED) is 0.0341. The zero-order valence-electron chi connectivity index (χ0n) is 53.3. The Labute approximate surface area is 579 Å². The molecule has 3 aromatic heterocycles. The molecule has 19 rings (SSSR count). The van der Waals surface area contributed by atoms with Crippen molar-refractivity contribution in [3.05, 3.63) is 216 Å². The highest BCUT2D eigenvalue weighted by Gasteiger charge is 2.39. The van der Waals surface area contributed by atoms with Crippen molar-refractivity contribution in [1.29, 1.82) is 5.53 Å². The summed E-state index contributed by atoms with van der Waals surface area (Å²) in [6.45, 7) is 6.25. The molecule has 500 valence electrons. The van der Waals surface area contributed by atoms with E-state index in [9.17, 15) is 34.5 Å². The summed E-state index contributed by atoms with van der Waals surface area (Å²) in [4.78, 5) is 50.7. The molecular weight excluding hydrogens is 1310 g/mol. The van der Waals surface area contributed by atoms with Crippen LogP contribution in [0.25, 0.3) is 105 Å². The molecule has 7 heterocycles. The Bertz CT molecular complexity index is 5520. The summed E-state index contributed by atoms with van der Waals surface area (Å²) in [5.41, 5.74) is 37.8. The van der Waals surface area contributed by atoms with Gasteiger partial charge in [-0.3, -0.25) is 19.2 Å². The first-order chi connectivity index (χ1) is 47.5. The lowest BCUT2D eigenvalue weighted by Gasteiger charge is -2.13. The molecule has 9 aromatic carbocycles. The molecule has 0 radical (unpaired) electrons. The van der Waals surface area contributed by atoms with Crippen LogP contribution in [0.1, 0.15) is 140 Å². The Morgan fingerprint density at radius 2 is 0.899 bits per heavy atom. The number of nitrogens with zero attached hydrogens (tertiary/aromatic N) is 5. The van der Waals surface area contributed by atoms with Crippen LogP contribution < -0.4 is 27.2 Å². The topological polar surface area (TPSA) is 266 Å². The fraction of sp³-hybridized carbons (Fsp3) is 0.237. The lowest BCUT2D eigenvalue weighted by atomic mass is 9.91. The Morgan fingerprint density at radius 3 is 1.29 bits per heavy atom. The van der Waals surface area contributed by atoms with Gasteiger partial charge in [-0.25, -0.2) is 5.43 Å². The smallest absolute Gasteiger partial charge is 0.252 e. The minimum atomic E-state index is -0.105. The standard InChI is InChI=1S/C27H22N4O3.C27H24N2O2.C24H19BrN2O2.2CH4.H3N3/c32-9-3-8-31-21-7-6-15(20-12-22(33)30-29-20)11-17(21)24-19-13-28-27(34)25(19)23-16-5-2-1-4-14(16)10-18(23)26(24)31;1-2-6-16-9-10-22-19(13-16)24-21-15-28-27(31)25(21)23-18-8-4-3-7-17(18)14-20(23)26(24)29(22)11-5-12-30;25-14-6-7-19-16(11-14)21-18-12-26-24(29)22(18)20-15-5-2-1-4-13(15)10-17(20)23(21)27(19)8-3-9-28;;;1-3-2/h1-2,4-7,11,32H,3,8-10,12-13H2,(H,28,34)(H,30,33);2-4,6-10,13,30H,5,11-12,14-15H2,1H3,(H,28,31);1-2,4-7,11,28H,3,8-10,12H2,(H,26,29);2*1H4;(H3,1,2)/b;6-2+;;;;. The van der Waals surface area contributed by atoms with E-state index in [0.717, 1.165) is 137 Å². The molecule has 0 fully saturated rings. The second-order valence-electron chi connectivity index (χ2n) is 25.6. The molecule has 19 heteroatoms. The van der Waals surface area contributed by atoms with Crippen molar-refractivity contribution in [3.8, 4) is 33.4 Å². The average Bonchev–Trinajstić information content (AvgIpc) is 1.56. The van der Waals surface area contributed by atoms with Crippen LogP contribution in [0.2, 0.25) is 0 Å². The van der Waals surface area contributed by atoms with E-state index in [2.05, 4.69) is 189 Å². The molecule has 0 spiro atoms. The number of fused-ring (bicyclic) bond motifs is 30. The van der Waals surface area contributed by atoms with Crippen LogP contribution in [-0.4, -0.2) is 78.2 Å². The molecule has 18 nitrogen and oxygen atoms in total. The van der Waals surface area contributed by atoms with Crippen LogP contribution in [0.5, 0.6) is 0 Å². The van der Waals surface area contributed by atoms with Crippen molar-refractivity contribution in [2.75, 3.05) is 19.8 Å². The number of aliphatic hydroxyl groups is 3. The van der Waals surface area contributed by atoms with Gasteiger partial charge < -0.3 is 50.8 Å². The van der Waals surface area contributed by atoms with E-state index in [4.69, 9.17) is 5.53 Å². The Kier molecular flexibility index (Phi) is 17.5. The van der Waals surface area contributed by atoms with E-state index in [-0.39, 0.29) is 64.7 Å². The number of hydrogen-bond donors (Lipinski definition) is 9. The first-order valence-electron chi connectivity index (χ1n) is 33.0. The molecule has 4 aliphatic heterocycles. The van der Waals surface area contributed by atoms with E-state index < -0.39 is 0 Å². The molecule has 7 aliphatic rings. The molecule has 99 heavy (non-hydrogen) atoms. The zero-order valence-corrected chi connectivity index (χ0v) is 54.8. The lowest BCUT2D eigenvalue weighted by Crippen LogP contribution is -2.13. The number of allylic oxidation sites excluding steroid dienone is 1. The number of halogens is 1. The first kappa shape index (κ1) is 65.7. The van der Waals surface area contributed by atoms with Gasteiger partial charge in [-0.1, -0.05) is 133 Å². The van der Waals surface area contributed by atoms with Gasteiger partial charge in [-0.15, -0.1) is 0 Å². The van der Waals surface area contributed by atoms with Crippen LogP contribution in [0.15, 0.2) is 148 Å². The second-order valence-corrected chi connectivity index (χ2v) is 26.5. The number of carbonyl (C=O) groups excluding carboxylic acids is 4. The number of carbonyl (C=O) groups is 4. The van der Waals surface area contributed by atoms with Crippen LogP contribution in [0.3, 0.4) is 0 Å². The predicted molar refractivity (Wildman–Crippen MR) is 396 cm³/mol. The summed E-state index contributed by atoms with van der Waals surface area (Å²) in [5.74, 6) is 4.07. The van der Waals surface area contributed by atoms with Gasteiger partial charge in [0.05, 0.1) is 45.4 Å². The highest BCUT2D eigenvalue weighted by Crippen LogP contribution is 2.53. The molecular formula is C80H76BrN11O7. The lowest BCUT2D eigenvalue weighted by molar-refractivity contribution is -0.119. The van der Waals surface area contributed by atoms with Crippen LogP contribution in [0.4, 0.5) is 0 Å². The van der Waals surface area contributed by atoms with Crippen molar-refractivity contribution in [1.82, 2.24) is 35.1 Å². The number of aromatic nitrogens is 3. The van der Waals surface area contributed by atoms with E-state index in [0.29, 0.717) is 45.4 Å². The summed E-state index contributed by atoms with van der Waals surface area (Å²) in [6.07, 6.45) is 8.91. The van der Waals surface area contributed by atoms with Crippen molar-refractivity contribution < 1.29 is 34.5 Å². The van der Waals surface area contributed by atoms with Crippen LogP contribution >= 0.6 is 15.9 Å². The van der Waals surface area contributed by atoms with Crippen molar-refractivity contribution in [2.24, 2.45) is 16.2 Å². The van der Waals surface area contributed by atoms with Crippen molar-refractivity contribution in [2.45, 2.75) is 106 Å². The normalized spacial score (nSPS) is 14.3. The SMILES string of the molecule is C.C.C/C=C/c1ccc2c(c1)c1c3c(c4c(c1n2CCCO)Cc1ccccc1-4)C(=O)NC3.N=NN.O=C1CC(c2ccc3c(c2)c2c4c(c5c(c2n3CCCO)Cc2ccccc2-5)C(=O)NC4)=NN1.O=C1NCc2c1c1c(c3c2c2cc(Br)ccc2n3CCCO)Cc2ccccc2-1. The third kappa shape index (κ3) is 10.3. The maximum Gasteiger partial charge on any atom is 0.252 e. The minimum absolute atomic E-state index is 0. The van der Waals surface area contributed by atoms with Gasteiger partial charge in [0.25, 0.3) is 17.7 Å². The van der Waals surface area contributed by atoms with E-state index in [1.54, 1.807) is 0 Å². The van der Waals surface area contributed by atoms with E-state index in [1.165, 1.54) is 82.6 Å². The first-order valence-corrected chi connectivity index (χ1v) is 33.8. The number of nitrogens with one attached hydrogen (secondary N) is 5. The number of hydrazone groups is 1. The number of amides is 4. The van der Waals surface area contributed by atoms with Crippen molar-refractivity contribution in [3.63, 3.8) is 0 Å². The summed E-state index contributed by atoms with van der Waals surface area (Å²) >= 11 is 3.63.